The zero-order valence-corrected chi connectivity index (χ0v) is 20.9. The van der Waals surface area contributed by atoms with E-state index < -0.39 is 13.0 Å². The van der Waals surface area contributed by atoms with Gasteiger partial charge in [0.25, 0.3) is 0 Å². The first-order chi connectivity index (χ1) is 13.5. The lowest BCUT2D eigenvalue weighted by atomic mass is 9.87. The third-order valence-corrected chi connectivity index (χ3v) is 9.56. The molecule has 166 valence electrons. The fraction of sp³-hybridized carbons (Fsp3) is 0.684. The minimum Gasteiger partial charge on any atom is -0.355 e. The highest BCUT2D eigenvalue weighted by Gasteiger charge is 2.39. The number of pyridine rings is 1. The number of nitrogens with one attached hydrogen (secondary N) is 1. The van der Waals surface area contributed by atoms with Gasteiger partial charge in [-0.1, -0.05) is 30.7 Å². The van der Waals surface area contributed by atoms with Crippen LogP contribution in [0.5, 0.6) is 0 Å². The smallest absolute Gasteiger partial charge is 0.347 e. The highest BCUT2D eigenvalue weighted by molar-refractivity contribution is 8.76. The molecule has 1 amide bonds. The van der Waals surface area contributed by atoms with Crippen LogP contribution in [0.2, 0.25) is 0 Å². The first-order valence-corrected chi connectivity index (χ1v) is 13.4. The van der Waals surface area contributed by atoms with E-state index in [9.17, 15) is 9.36 Å². The van der Waals surface area contributed by atoms with E-state index in [0.29, 0.717) is 18.7 Å². The molecular formula is C19H34N3O4PS2. The number of rotatable bonds is 13. The van der Waals surface area contributed by atoms with E-state index in [0.717, 1.165) is 5.03 Å². The Morgan fingerprint density at radius 2 is 2.03 bits per heavy atom. The van der Waals surface area contributed by atoms with Gasteiger partial charge >= 0.3 is 7.60 Å². The zero-order chi connectivity index (χ0) is 22.1. The summed E-state index contributed by atoms with van der Waals surface area (Å²) in [4.78, 5) is 18.2. The second-order valence-electron chi connectivity index (χ2n) is 7.65. The Bertz CT molecular complexity index is 677. The van der Waals surface area contributed by atoms with Crippen molar-refractivity contribution in [3.05, 3.63) is 24.4 Å². The molecule has 0 aromatic carbocycles. The summed E-state index contributed by atoms with van der Waals surface area (Å²) >= 11 is 0. The lowest BCUT2D eigenvalue weighted by Gasteiger charge is -2.36. The number of nitrogens with zero attached hydrogens (tertiary/aromatic N) is 2. The summed E-state index contributed by atoms with van der Waals surface area (Å²) < 4.78 is 24.2. The van der Waals surface area contributed by atoms with Crippen molar-refractivity contribution in [3.8, 4) is 0 Å². The molecule has 0 aliphatic heterocycles. The average molecular weight is 464 g/mol. The van der Waals surface area contributed by atoms with Crippen LogP contribution in [0.15, 0.2) is 29.4 Å². The van der Waals surface area contributed by atoms with Crippen molar-refractivity contribution in [3.63, 3.8) is 0 Å². The van der Waals surface area contributed by atoms with E-state index >= 15 is 0 Å². The van der Waals surface area contributed by atoms with Gasteiger partial charge < -0.3 is 14.4 Å². The van der Waals surface area contributed by atoms with Gasteiger partial charge in [0.1, 0.15) is 10.8 Å². The number of aromatic nitrogens is 1. The monoisotopic (exact) mass is 463 g/mol. The predicted molar refractivity (Wildman–Crippen MR) is 122 cm³/mol. The molecule has 1 aromatic heterocycles. The summed E-state index contributed by atoms with van der Waals surface area (Å²) in [6.07, 6.45) is 1.80. The zero-order valence-electron chi connectivity index (χ0n) is 18.4. The molecule has 1 rings (SSSR count). The van der Waals surface area contributed by atoms with Gasteiger partial charge in [-0.3, -0.25) is 14.3 Å². The van der Waals surface area contributed by atoms with E-state index in [-0.39, 0.29) is 17.8 Å². The van der Waals surface area contributed by atoms with Gasteiger partial charge in [0.15, 0.2) is 0 Å². The first kappa shape index (κ1) is 26.5. The Hall–Kier alpha value is -0.570. The van der Waals surface area contributed by atoms with Crippen molar-refractivity contribution < 1.29 is 18.4 Å². The Kier molecular flexibility index (Phi) is 11.2. The van der Waals surface area contributed by atoms with Crippen LogP contribution in [0.4, 0.5) is 0 Å². The largest absolute Gasteiger partial charge is 0.355 e. The topological polar surface area (TPSA) is 80.8 Å². The predicted octanol–water partition coefficient (Wildman–Crippen LogP) is 4.51. The van der Waals surface area contributed by atoms with Crippen LogP contribution in [0, 0.1) is 5.41 Å². The molecule has 0 bridgehead atoms. The van der Waals surface area contributed by atoms with E-state index in [1.807, 2.05) is 64.9 Å². The van der Waals surface area contributed by atoms with Crippen LogP contribution < -0.4 is 5.32 Å². The SMILES string of the molecule is COP(=O)(O[C@@H](C)C(C)(C)CNC(=O)CCSSc1ccccn1)C(C)N(C)C. The number of amides is 1. The molecule has 2 unspecified atom stereocenters. The molecule has 1 N–H and O–H groups in total. The molecule has 7 nitrogen and oxygen atoms in total. The van der Waals surface area contributed by atoms with Crippen LogP contribution >= 0.6 is 29.2 Å². The lowest BCUT2D eigenvalue weighted by molar-refractivity contribution is -0.121. The molecule has 10 heteroatoms. The Balaban J connectivity index is 2.43. The van der Waals surface area contributed by atoms with Crippen molar-refractivity contribution in [2.75, 3.05) is 33.5 Å². The number of carbonyl (C=O) groups excluding carboxylic acids is 1. The molecule has 0 spiro atoms. The van der Waals surface area contributed by atoms with Gasteiger partial charge in [-0.05, 0) is 50.9 Å². The van der Waals surface area contributed by atoms with Crippen molar-refractivity contribution in [2.24, 2.45) is 5.41 Å². The minimum absolute atomic E-state index is 0.0176. The highest BCUT2D eigenvalue weighted by Crippen LogP contribution is 2.55. The number of carbonyl (C=O) groups is 1. The molecule has 0 aliphatic carbocycles. The summed E-state index contributed by atoms with van der Waals surface area (Å²) in [5.74, 6) is 0.309. The maximum atomic E-state index is 13.0. The van der Waals surface area contributed by atoms with Gasteiger partial charge in [-0.2, -0.15) is 0 Å². The first-order valence-electron chi connectivity index (χ1n) is 9.49. The maximum absolute atomic E-state index is 13.0. The molecule has 0 aliphatic rings. The van der Waals surface area contributed by atoms with E-state index in [4.69, 9.17) is 9.05 Å². The third kappa shape index (κ3) is 8.99. The molecule has 1 heterocycles. The summed E-state index contributed by atoms with van der Waals surface area (Å²) in [6.45, 7) is 8.05. The number of hydrogen-bond donors (Lipinski definition) is 1. The second-order valence-corrected chi connectivity index (χ2v) is 12.5. The molecule has 29 heavy (non-hydrogen) atoms. The summed E-state index contributed by atoms with van der Waals surface area (Å²) in [6, 6.07) is 5.76. The molecular weight excluding hydrogens is 429 g/mol. The standard InChI is InChI=1S/C19H34N3O4PS2/c1-15(26-27(24,25-7)16(2)22(5)6)19(3,4)14-21-17(23)11-13-28-29-18-10-8-9-12-20-18/h8-10,12,15-16H,11,13-14H2,1-7H3,(H,21,23)/t15-,16?,27?/m0/s1. The van der Waals surface area contributed by atoms with Crippen LogP contribution in [0.25, 0.3) is 0 Å². The van der Waals surface area contributed by atoms with Crippen molar-refractivity contribution in [2.45, 2.75) is 51.0 Å². The molecule has 3 atom stereocenters. The summed E-state index contributed by atoms with van der Waals surface area (Å²) in [7, 11) is 4.94. The van der Waals surface area contributed by atoms with Crippen LogP contribution in [-0.2, 0) is 18.4 Å². The Morgan fingerprint density at radius 1 is 1.34 bits per heavy atom. The van der Waals surface area contributed by atoms with Crippen LogP contribution in [0.3, 0.4) is 0 Å². The fourth-order valence-corrected chi connectivity index (χ4v) is 5.85. The van der Waals surface area contributed by atoms with Crippen molar-refractivity contribution in [1.82, 2.24) is 15.2 Å². The van der Waals surface area contributed by atoms with E-state index in [2.05, 4.69) is 10.3 Å². The highest BCUT2D eigenvalue weighted by atomic mass is 33.1. The number of hydrogen-bond acceptors (Lipinski definition) is 8. The summed E-state index contributed by atoms with van der Waals surface area (Å²) in [5.41, 5.74) is -0.411. The normalized spacial score (nSPS) is 16.3. The lowest BCUT2D eigenvalue weighted by Crippen LogP contribution is -2.42. The molecule has 0 saturated heterocycles. The van der Waals surface area contributed by atoms with Gasteiger partial charge in [0.2, 0.25) is 5.91 Å². The quantitative estimate of drug-likeness (QED) is 0.260. The Morgan fingerprint density at radius 3 is 2.59 bits per heavy atom. The van der Waals surface area contributed by atoms with Crippen LogP contribution in [-0.4, -0.2) is 61.2 Å². The molecule has 0 saturated carbocycles. The summed E-state index contributed by atoms with van der Waals surface area (Å²) in [5, 5.41) is 3.89. The minimum atomic E-state index is -3.30. The van der Waals surface area contributed by atoms with Crippen molar-refractivity contribution in [1.29, 1.82) is 0 Å². The Labute approximate surface area is 183 Å². The third-order valence-electron chi connectivity index (χ3n) is 4.80. The van der Waals surface area contributed by atoms with Crippen molar-refractivity contribution >= 4 is 35.1 Å². The van der Waals surface area contributed by atoms with Gasteiger partial charge in [-0.15, -0.1) is 0 Å². The van der Waals surface area contributed by atoms with E-state index in [1.165, 1.54) is 7.11 Å². The fourth-order valence-electron chi connectivity index (χ4n) is 2.12. The van der Waals surface area contributed by atoms with Crippen LogP contribution in [0.1, 0.15) is 34.1 Å². The second kappa shape index (κ2) is 12.3. The molecule has 0 radical (unpaired) electrons. The van der Waals surface area contributed by atoms with Gasteiger partial charge in [-0.25, -0.2) is 4.98 Å². The van der Waals surface area contributed by atoms with E-state index in [1.54, 1.807) is 27.8 Å². The van der Waals surface area contributed by atoms with Gasteiger partial charge in [0, 0.05) is 37.4 Å². The van der Waals surface area contributed by atoms with Gasteiger partial charge in [0.05, 0.1) is 6.10 Å². The molecule has 1 aromatic rings. The average Bonchev–Trinajstić information content (AvgIpc) is 2.69. The maximum Gasteiger partial charge on any atom is 0.347 e. The molecule has 0 fully saturated rings.